The van der Waals surface area contributed by atoms with Gasteiger partial charge in [0.05, 0.1) is 5.02 Å². The molecule has 0 atom stereocenters. The molecule has 0 radical (unpaired) electrons. The predicted molar refractivity (Wildman–Crippen MR) is 69.6 cm³/mol. The Kier molecular flexibility index (Phi) is 2.89. The van der Waals surface area contributed by atoms with Crippen LogP contribution in [0.4, 0.5) is 0 Å². The van der Waals surface area contributed by atoms with Gasteiger partial charge in [0.15, 0.2) is 0 Å². The second-order valence-corrected chi connectivity index (χ2v) is 4.21. The number of hydrogen-bond acceptors (Lipinski definition) is 5. The molecule has 3 rings (SSSR count). The lowest BCUT2D eigenvalue weighted by atomic mass is 10.2. The van der Waals surface area contributed by atoms with E-state index in [2.05, 4.69) is 15.1 Å². The molecular weight excluding hydrogens is 266 g/mol. The van der Waals surface area contributed by atoms with Gasteiger partial charge in [0, 0.05) is 11.8 Å². The molecule has 0 bridgehead atoms. The van der Waals surface area contributed by atoms with Crippen LogP contribution < -0.4 is 0 Å². The van der Waals surface area contributed by atoms with Gasteiger partial charge in [-0.2, -0.15) is 4.98 Å². The molecule has 0 amide bonds. The summed E-state index contributed by atoms with van der Waals surface area (Å²) in [5.41, 5.74) is 1.18. The number of halogens is 1. The van der Waals surface area contributed by atoms with E-state index in [9.17, 15) is 5.11 Å². The quantitative estimate of drug-likeness (QED) is 0.776. The van der Waals surface area contributed by atoms with Crippen LogP contribution in [0, 0.1) is 0 Å². The highest BCUT2D eigenvalue weighted by atomic mass is 35.5. The van der Waals surface area contributed by atoms with E-state index in [0.29, 0.717) is 28.0 Å². The number of aromatic nitrogens is 3. The van der Waals surface area contributed by atoms with Gasteiger partial charge in [0.25, 0.3) is 5.89 Å². The highest BCUT2D eigenvalue weighted by molar-refractivity contribution is 6.32. The average Bonchev–Trinajstić information content (AvgIpc) is 2.89. The van der Waals surface area contributed by atoms with E-state index in [1.165, 1.54) is 0 Å². The van der Waals surface area contributed by atoms with E-state index < -0.39 is 0 Å². The molecule has 0 unspecified atom stereocenters. The Morgan fingerprint density at radius 2 is 1.89 bits per heavy atom. The van der Waals surface area contributed by atoms with Gasteiger partial charge in [0.2, 0.25) is 5.82 Å². The molecule has 0 saturated carbocycles. The second-order valence-electron chi connectivity index (χ2n) is 3.80. The lowest BCUT2D eigenvalue weighted by Gasteiger charge is -1.95. The number of aromatic hydroxyl groups is 1. The standard InChI is InChI=1S/C13H8ClN3O2/c14-10-2-1-7-15-11(10)12-16-13(19-17-12)8-3-5-9(18)6-4-8/h1-7,18H. The zero-order chi connectivity index (χ0) is 13.2. The van der Waals surface area contributed by atoms with Crippen LogP contribution in [0.25, 0.3) is 23.0 Å². The van der Waals surface area contributed by atoms with Crippen LogP contribution in [0.1, 0.15) is 0 Å². The number of hydrogen-bond donors (Lipinski definition) is 1. The maximum absolute atomic E-state index is 9.23. The summed E-state index contributed by atoms with van der Waals surface area (Å²) in [5, 5.41) is 13.5. The first kappa shape index (κ1) is 11.7. The van der Waals surface area contributed by atoms with Crippen LogP contribution in [-0.4, -0.2) is 20.2 Å². The van der Waals surface area contributed by atoms with Crippen molar-refractivity contribution in [3.8, 4) is 28.7 Å². The molecule has 0 aliphatic carbocycles. The molecule has 2 heterocycles. The fraction of sp³-hybridized carbons (Fsp3) is 0. The summed E-state index contributed by atoms with van der Waals surface area (Å²) in [6.07, 6.45) is 1.61. The van der Waals surface area contributed by atoms with Crippen molar-refractivity contribution in [1.29, 1.82) is 0 Å². The van der Waals surface area contributed by atoms with Crippen LogP contribution in [0.3, 0.4) is 0 Å². The van der Waals surface area contributed by atoms with Gasteiger partial charge < -0.3 is 9.63 Å². The molecule has 3 aromatic rings. The molecule has 0 spiro atoms. The molecular formula is C13H8ClN3O2. The van der Waals surface area contributed by atoms with Crippen molar-refractivity contribution in [3.05, 3.63) is 47.6 Å². The van der Waals surface area contributed by atoms with Crippen LogP contribution in [0.2, 0.25) is 5.02 Å². The van der Waals surface area contributed by atoms with Crippen molar-refractivity contribution < 1.29 is 9.63 Å². The maximum atomic E-state index is 9.23. The number of phenolic OH excluding ortho intramolecular Hbond substituents is 1. The van der Waals surface area contributed by atoms with E-state index in [1.54, 1.807) is 42.6 Å². The summed E-state index contributed by atoms with van der Waals surface area (Å²) in [6, 6.07) is 9.91. The molecule has 6 heteroatoms. The van der Waals surface area contributed by atoms with Crippen LogP contribution >= 0.6 is 11.6 Å². The number of phenols is 1. The minimum atomic E-state index is 0.177. The molecule has 0 aliphatic heterocycles. The van der Waals surface area contributed by atoms with E-state index in [0.717, 1.165) is 0 Å². The number of nitrogens with zero attached hydrogens (tertiary/aromatic N) is 3. The van der Waals surface area contributed by atoms with Crippen molar-refractivity contribution in [2.45, 2.75) is 0 Å². The SMILES string of the molecule is Oc1ccc(-c2nc(-c3ncccc3Cl)no2)cc1. The zero-order valence-electron chi connectivity index (χ0n) is 9.62. The van der Waals surface area contributed by atoms with Gasteiger partial charge in [0.1, 0.15) is 11.4 Å². The first-order valence-electron chi connectivity index (χ1n) is 5.48. The van der Waals surface area contributed by atoms with Gasteiger partial charge in [-0.1, -0.05) is 16.8 Å². The van der Waals surface area contributed by atoms with E-state index >= 15 is 0 Å². The maximum Gasteiger partial charge on any atom is 0.258 e. The molecule has 1 aromatic carbocycles. The highest BCUT2D eigenvalue weighted by Crippen LogP contribution is 2.26. The third kappa shape index (κ3) is 2.28. The molecule has 0 fully saturated rings. The van der Waals surface area contributed by atoms with Crippen molar-refractivity contribution in [1.82, 2.24) is 15.1 Å². The number of benzene rings is 1. The van der Waals surface area contributed by atoms with E-state index in [1.807, 2.05) is 0 Å². The topological polar surface area (TPSA) is 72.0 Å². The van der Waals surface area contributed by atoms with Gasteiger partial charge in [-0.25, -0.2) is 0 Å². The largest absolute Gasteiger partial charge is 0.508 e. The summed E-state index contributed by atoms with van der Waals surface area (Å²) in [5.74, 6) is 0.849. The Bertz CT molecular complexity index is 710. The summed E-state index contributed by atoms with van der Waals surface area (Å²) in [6.45, 7) is 0. The molecule has 5 nitrogen and oxygen atoms in total. The van der Waals surface area contributed by atoms with E-state index in [4.69, 9.17) is 16.1 Å². The monoisotopic (exact) mass is 273 g/mol. The summed E-state index contributed by atoms with van der Waals surface area (Å²) in [4.78, 5) is 8.35. The second kappa shape index (κ2) is 4.70. The van der Waals surface area contributed by atoms with E-state index in [-0.39, 0.29) is 5.75 Å². The zero-order valence-corrected chi connectivity index (χ0v) is 10.4. The lowest BCUT2D eigenvalue weighted by molar-refractivity contribution is 0.432. The highest BCUT2D eigenvalue weighted by Gasteiger charge is 2.13. The third-order valence-corrected chi connectivity index (χ3v) is 2.82. The molecule has 0 aliphatic rings. The minimum absolute atomic E-state index is 0.177. The molecule has 1 N–H and O–H groups in total. The third-order valence-electron chi connectivity index (χ3n) is 2.51. The smallest absolute Gasteiger partial charge is 0.258 e. The lowest BCUT2D eigenvalue weighted by Crippen LogP contribution is -1.86. The van der Waals surface area contributed by atoms with Gasteiger partial charge in [-0.3, -0.25) is 4.98 Å². The minimum Gasteiger partial charge on any atom is -0.508 e. The fourth-order valence-electron chi connectivity index (χ4n) is 1.59. The summed E-state index contributed by atoms with van der Waals surface area (Å²) < 4.78 is 5.16. The van der Waals surface area contributed by atoms with Gasteiger partial charge >= 0.3 is 0 Å². The molecule has 0 saturated heterocycles. The fourth-order valence-corrected chi connectivity index (χ4v) is 1.80. The van der Waals surface area contributed by atoms with Crippen molar-refractivity contribution in [2.75, 3.05) is 0 Å². The Balaban J connectivity index is 2.00. The Labute approximate surface area is 113 Å². The summed E-state index contributed by atoms with van der Waals surface area (Å²) in [7, 11) is 0. The van der Waals surface area contributed by atoms with Gasteiger partial charge in [-0.05, 0) is 36.4 Å². The first-order valence-corrected chi connectivity index (χ1v) is 5.86. The summed E-state index contributed by atoms with van der Waals surface area (Å²) >= 11 is 6.02. The molecule has 19 heavy (non-hydrogen) atoms. The Morgan fingerprint density at radius 3 is 2.63 bits per heavy atom. The van der Waals surface area contributed by atoms with Crippen LogP contribution in [-0.2, 0) is 0 Å². The van der Waals surface area contributed by atoms with Crippen LogP contribution in [0.15, 0.2) is 47.1 Å². The number of pyridine rings is 1. The Morgan fingerprint density at radius 1 is 1.11 bits per heavy atom. The number of rotatable bonds is 2. The molecule has 2 aromatic heterocycles. The van der Waals surface area contributed by atoms with Gasteiger partial charge in [-0.15, -0.1) is 0 Å². The Hall–Kier alpha value is -2.40. The normalized spacial score (nSPS) is 10.6. The average molecular weight is 274 g/mol. The first-order chi connectivity index (χ1) is 9.24. The van der Waals surface area contributed by atoms with Crippen LogP contribution in [0.5, 0.6) is 5.75 Å². The van der Waals surface area contributed by atoms with Crippen molar-refractivity contribution in [2.24, 2.45) is 0 Å². The molecule has 94 valence electrons. The predicted octanol–water partition coefficient (Wildman–Crippen LogP) is 3.16. The van der Waals surface area contributed by atoms with Crippen molar-refractivity contribution >= 4 is 11.6 Å². The van der Waals surface area contributed by atoms with Crippen molar-refractivity contribution in [3.63, 3.8) is 0 Å².